The molecular weight excluding hydrogens is 539 g/mol. The van der Waals surface area contributed by atoms with E-state index in [-0.39, 0.29) is 29.7 Å². The summed E-state index contributed by atoms with van der Waals surface area (Å²) in [5.74, 6) is 0.976. The Hall–Kier alpha value is -0.720. The first kappa shape index (κ1) is 24.5. The van der Waals surface area contributed by atoms with Gasteiger partial charge in [0.25, 0.3) is 0 Å². The third kappa shape index (κ3) is 5.92. The number of halogens is 1. The summed E-state index contributed by atoms with van der Waals surface area (Å²) < 4.78 is 23.8. The Balaban J connectivity index is 0.00000300. The topological polar surface area (TPSA) is 74.7 Å². The van der Waals surface area contributed by atoms with Crippen molar-refractivity contribution in [1.29, 1.82) is 0 Å². The molecule has 0 saturated carbocycles. The highest BCUT2D eigenvalue weighted by Crippen LogP contribution is 2.29. The summed E-state index contributed by atoms with van der Waals surface area (Å²) in [6.07, 6.45) is 0.859. The van der Waals surface area contributed by atoms with E-state index in [2.05, 4.69) is 32.7 Å². The van der Waals surface area contributed by atoms with E-state index in [9.17, 15) is 8.42 Å². The SMILES string of the molecule is CCNC(=NCCc1ccc(-c2csc(C)n2)s1)N1CCS(=O)(=O)C(C)(C)C1.I. The van der Waals surface area contributed by atoms with Crippen LogP contribution >= 0.6 is 46.7 Å². The minimum atomic E-state index is -3.06. The predicted molar refractivity (Wildman–Crippen MR) is 135 cm³/mol. The zero-order valence-electron chi connectivity index (χ0n) is 17.3. The van der Waals surface area contributed by atoms with E-state index in [4.69, 9.17) is 4.99 Å². The van der Waals surface area contributed by atoms with Gasteiger partial charge in [-0.15, -0.1) is 46.7 Å². The highest BCUT2D eigenvalue weighted by Gasteiger charge is 2.40. The van der Waals surface area contributed by atoms with Gasteiger partial charge in [-0.2, -0.15) is 0 Å². The van der Waals surface area contributed by atoms with Gasteiger partial charge in [-0.3, -0.25) is 4.99 Å². The zero-order chi connectivity index (χ0) is 20.4. The fourth-order valence-corrected chi connectivity index (χ4v) is 6.16. The lowest BCUT2D eigenvalue weighted by atomic mass is 10.2. The predicted octanol–water partition coefficient (Wildman–Crippen LogP) is 3.82. The van der Waals surface area contributed by atoms with Crippen molar-refractivity contribution in [2.75, 3.05) is 31.9 Å². The number of aryl methyl sites for hydroxylation is 1. The molecule has 10 heteroatoms. The van der Waals surface area contributed by atoms with E-state index in [1.165, 1.54) is 9.75 Å². The number of aromatic nitrogens is 1. The molecule has 0 radical (unpaired) electrons. The molecule has 3 heterocycles. The van der Waals surface area contributed by atoms with Gasteiger partial charge in [-0.25, -0.2) is 13.4 Å². The second kappa shape index (κ2) is 10.1. The Morgan fingerprint density at radius 2 is 2.14 bits per heavy atom. The van der Waals surface area contributed by atoms with Crippen LogP contribution in [0.4, 0.5) is 0 Å². The Kier molecular flexibility index (Phi) is 8.51. The van der Waals surface area contributed by atoms with Crippen LogP contribution in [-0.4, -0.2) is 60.9 Å². The van der Waals surface area contributed by atoms with Crippen LogP contribution in [0, 0.1) is 6.92 Å². The van der Waals surface area contributed by atoms with Crippen LogP contribution in [0.3, 0.4) is 0 Å². The van der Waals surface area contributed by atoms with E-state index < -0.39 is 14.6 Å². The van der Waals surface area contributed by atoms with Gasteiger partial charge in [0.1, 0.15) is 0 Å². The fourth-order valence-electron chi connectivity index (χ4n) is 3.15. The van der Waals surface area contributed by atoms with Crippen molar-refractivity contribution in [1.82, 2.24) is 15.2 Å². The number of nitrogens with zero attached hydrogens (tertiary/aromatic N) is 3. The normalized spacial score (nSPS) is 18.3. The maximum atomic E-state index is 12.3. The number of thiazole rings is 1. The van der Waals surface area contributed by atoms with E-state index in [0.717, 1.165) is 29.6 Å². The zero-order valence-corrected chi connectivity index (χ0v) is 22.0. The summed E-state index contributed by atoms with van der Waals surface area (Å²) in [6.45, 7) is 10.0. The summed E-state index contributed by atoms with van der Waals surface area (Å²) in [5, 5.41) is 6.49. The van der Waals surface area contributed by atoms with Crippen LogP contribution in [0.25, 0.3) is 10.6 Å². The molecule has 0 atom stereocenters. The van der Waals surface area contributed by atoms with E-state index in [1.54, 1.807) is 36.5 Å². The molecule has 1 aliphatic rings. The van der Waals surface area contributed by atoms with Crippen molar-refractivity contribution in [3.05, 3.63) is 27.4 Å². The van der Waals surface area contributed by atoms with E-state index in [0.29, 0.717) is 19.6 Å². The minimum Gasteiger partial charge on any atom is -0.357 e. The van der Waals surface area contributed by atoms with Gasteiger partial charge >= 0.3 is 0 Å². The molecule has 0 spiro atoms. The number of sulfone groups is 1. The molecule has 1 saturated heterocycles. The molecule has 1 N–H and O–H groups in total. The van der Waals surface area contributed by atoms with Crippen molar-refractivity contribution in [3.8, 4) is 10.6 Å². The first-order chi connectivity index (χ1) is 13.2. The van der Waals surface area contributed by atoms with Crippen LogP contribution < -0.4 is 5.32 Å². The molecule has 29 heavy (non-hydrogen) atoms. The summed E-state index contributed by atoms with van der Waals surface area (Å²) in [5.41, 5.74) is 1.05. The molecule has 0 aliphatic carbocycles. The lowest BCUT2D eigenvalue weighted by Gasteiger charge is -2.39. The van der Waals surface area contributed by atoms with Gasteiger partial charge in [0, 0.05) is 42.9 Å². The smallest absolute Gasteiger partial charge is 0.194 e. The number of thiophene rings is 1. The Morgan fingerprint density at radius 1 is 1.38 bits per heavy atom. The second-order valence-electron chi connectivity index (χ2n) is 7.50. The standard InChI is InChI=1S/C19H28N4O2S3.HI/c1-5-20-18(23-10-11-28(24,25)19(3,4)13-23)21-9-8-15-6-7-17(27-15)16-12-26-14(2)22-16;/h6-7,12H,5,8-11,13H2,1-4H3,(H,20,21);1H. The Morgan fingerprint density at radius 3 is 2.76 bits per heavy atom. The highest BCUT2D eigenvalue weighted by atomic mass is 127. The van der Waals surface area contributed by atoms with Gasteiger partial charge in [0.15, 0.2) is 15.8 Å². The molecule has 162 valence electrons. The number of hydrogen-bond donors (Lipinski definition) is 1. The van der Waals surface area contributed by atoms with Crippen LogP contribution in [0.15, 0.2) is 22.5 Å². The minimum absolute atomic E-state index is 0. The number of rotatable bonds is 5. The fraction of sp³-hybridized carbons (Fsp3) is 0.579. The molecule has 0 amide bonds. The molecule has 1 aliphatic heterocycles. The summed E-state index contributed by atoms with van der Waals surface area (Å²) in [6, 6.07) is 4.27. The molecule has 2 aromatic rings. The second-order valence-corrected chi connectivity index (χ2v) is 12.5. The van der Waals surface area contributed by atoms with E-state index >= 15 is 0 Å². The monoisotopic (exact) mass is 568 g/mol. The van der Waals surface area contributed by atoms with Crippen molar-refractivity contribution in [2.45, 2.75) is 38.9 Å². The van der Waals surface area contributed by atoms with E-state index in [1.807, 2.05) is 13.8 Å². The number of hydrogen-bond acceptors (Lipinski definition) is 6. The van der Waals surface area contributed by atoms with Crippen molar-refractivity contribution < 1.29 is 8.42 Å². The van der Waals surface area contributed by atoms with Gasteiger partial charge in [0.2, 0.25) is 0 Å². The maximum absolute atomic E-state index is 12.3. The third-order valence-corrected chi connectivity index (χ3v) is 9.30. The van der Waals surface area contributed by atoms with Crippen LogP contribution in [-0.2, 0) is 16.3 Å². The van der Waals surface area contributed by atoms with Gasteiger partial charge in [0.05, 0.1) is 26.1 Å². The Bertz CT molecular complexity index is 950. The molecule has 0 aromatic carbocycles. The molecule has 1 fully saturated rings. The van der Waals surface area contributed by atoms with Gasteiger partial charge < -0.3 is 10.2 Å². The van der Waals surface area contributed by atoms with Crippen LogP contribution in [0.5, 0.6) is 0 Å². The van der Waals surface area contributed by atoms with Gasteiger partial charge in [-0.05, 0) is 39.8 Å². The number of nitrogens with one attached hydrogen (secondary N) is 1. The summed E-state index contributed by atoms with van der Waals surface area (Å²) in [4.78, 5) is 13.9. The average molecular weight is 569 g/mol. The summed E-state index contributed by atoms with van der Waals surface area (Å²) >= 11 is 3.43. The van der Waals surface area contributed by atoms with Crippen LogP contribution in [0.1, 0.15) is 30.7 Å². The highest BCUT2D eigenvalue weighted by molar-refractivity contribution is 14.0. The lowest BCUT2D eigenvalue weighted by molar-refractivity contribution is 0.353. The first-order valence-corrected chi connectivity index (χ1v) is 12.8. The quantitative estimate of drug-likeness (QED) is 0.338. The largest absolute Gasteiger partial charge is 0.357 e. The summed E-state index contributed by atoms with van der Waals surface area (Å²) in [7, 11) is -3.06. The molecule has 6 nitrogen and oxygen atoms in total. The third-order valence-electron chi connectivity index (χ3n) is 4.83. The average Bonchev–Trinajstić information content (AvgIpc) is 3.25. The van der Waals surface area contributed by atoms with Crippen molar-refractivity contribution in [3.63, 3.8) is 0 Å². The van der Waals surface area contributed by atoms with Crippen LogP contribution in [0.2, 0.25) is 0 Å². The number of guanidine groups is 1. The van der Waals surface area contributed by atoms with Gasteiger partial charge in [-0.1, -0.05) is 0 Å². The molecule has 2 aromatic heterocycles. The molecule has 3 rings (SSSR count). The maximum Gasteiger partial charge on any atom is 0.194 e. The lowest BCUT2D eigenvalue weighted by Crippen LogP contribution is -2.57. The Labute approximate surface area is 198 Å². The first-order valence-electron chi connectivity index (χ1n) is 9.48. The number of aliphatic imine (C=N–C) groups is 1. The van der Waals surface area contributed by atoms with Crippen molar-refractivity contribution >= 4 is 62.4 Å². The molecule has 0 bridgehead atoms. The molecular formula is C19H29IN4O2S3. The van der Waals surface area contributed by atoms with Crippen molar-refractivity contribution in [2.24, 2.45) is 4.99 Å². The molecule has 0 unspecified atom stereocenters.